The number of carbonyl (C=O) groups is 1. The Morgan fingerprint density at radius 3 is 2.48 bits per heavy atom. The van der Waals surface area contributed by atoms with Gasteiger partial charge in [0.15, 0.2) is 0 Å². The first-order valence-corrected chi connectivity index (χ1v) is 6.36. The molecule has 0 saturated carbocycles. The minimum absolute atomic E-state index is 0.236. The molecule has 3 nitrogen and oxygen atoms in total. The number of pyridine rings is 1. The van der Waals surface area contributed by atoms with Crippen LogP contribution in [0.2, 0.25) is 0 Å². The summed E-state index contributed by atoms with van der Waals surface area (Å²) in [4.78, 5) is 15.7. The lowest BCUT2D eigenvalue weighted by molar-refractivity contribution is -0.137. The monoisotopic (exact) mass is 362 g/mol. The van der Waals surface area contributed by atoms with Crippen molar-refractivity contribution in [2.75, 3.05) is 5.32 Å². The first kappa shape index (κ1) is 15.4. The lowest BCUT2D eigenvalue weighted by atomic mass is 10.1. The molecule has 0 bridgehead atoms. The Morgan fingerprint density at radius 1 is 1.19 bits per heavy atom. The van der Waals surface area contributed by atoms with Crippen LogP contribution in [0.3, 0.4) is 0 Å². The van der Waals surface area contributed by atoms with Gasteiger partial charge in [-0.05, 0) is 46.3 Å². The maximum atomic E-state index is 13.5. The van der Waals surface area contributed by atoms with Crippen molar-refractivity contribution < 1.29 is 22.4 Å². The van der Waals surface area contributed by atoms with Crippen molar-refractivity contribution in [3.05, 3.63) is 58.1 Å². The molecule has 0 radical (unpaired) electrons. The third-order valence-corrected chi connectivity index (χ3v) is 2.99. The molecule has 0 saturated heterocycles. The number of hydrogen-bond acceptors (Lipinski definition) is 2. The van der Waals surface area contributed by atoms with Gasteiger partial charge in [-0.1, -0.05) is 0 Å². The highest BCUT2D eigenvalue weighted by Crippen LogP contribution is 2.30. The summed E-state index contributed by atoms with van der Waals surface area (Å²) in [5, 5.41) is 2.28. The molecule has 1 amide bonds. The van der Waals surface area contributed by atoms with Crippen LogP contribution in [0.5, 0.6) is 0 Å². The molecule has 110 valence electrons. The molecule has 21 heavy (non-hydrogen) atoms. The Bertz CT molecular complexity index is 671. The second-order valence-corrected chi connectivity index (χ2v) is 4.83. The van der Waals surface area contributed by atoms with Crippen molar-refractivity contribution in [1.82, 2.24) is 4.98 Å². The number of carbonyl (C=O) groups excluding carboxylic acids is 1. The molecule has 0 atom stereocenters. The van der Waals surface area contributed by atoms with Gasteiger partial charge in [-0.15, -0.1) is 0 Å². The molecule has 0 unspecified atom stereocenters. The lowest BCUT2D eigenvalue weighted by Gasteiger charge is -2.10. The van der Waals surface area contributed by atoms with Crippen LogP contribution in [-0.2, 0) is 6.18 Å². The Hall–Kier alpha value is -1.96. The van der Waals surface area contributed by atoms with Crippen molar-refractivity contribution >= 4 is 27.5 Å². The third kappa shape index (κ3) is 3.78. The molecule has 2 aromatic rings. The van der Waals surface area contributed by atoms with E-state index in [2.05, 4.69) is 26.2 Å². The van der Waals surface area contributed by atoms with Crippen molar-refractivity contribution in [3.8, 4) is 0 Å². The van der Waals surface area contributed by atoms with Crippen LogP contribution < -0.4 is 5.32 Å². The van der Waals surface area contributed by atoms with E-state index >= 15 is 0 Å². The second-order valence-electron chi connectivity index (χ2n) is 4.02. The van der Waals surface area contributed by atoms with Gasteiger partial charge in [0.05, 0.1) is 23.0 Å². The summed E-state index contributed by atoms with van der Waals surface area (Å²) in [6, 6.07) is 4.65. The number of amides is 1. The second kappa shape index (κ2) is 5.80. The molecular weight excluding hydrogens is 356 g/mol. The van der Waals surface area contributed by atoms with Gasteiger partial charge in [-0.25, -0.2) is 9.37 Å². The molecule has 1 heterocycles. The van der Waals surface area contributed by atoms with E-state index in [-0.39, 0.29) is 5.69 Å². The van der Waals surface area contributed by atoms with Gasteiger partial charge in [0.2, 0.25) is 0 Å². The predicted octanol–water partition coefficient (Wildman–Crippen LogP) is 4.25. The number of aromatic nitrogens is 1. The summed E-state index contributed by atoms with van der Waals surface area (Å²) in [5.74, 6) is -2.02. The zero-order chi connectivity index (χ0) is 15.6. The molecule has 2 rings (SSSR count). The summed E-state index contributed by atoms with van der Waals surface area (Å²) < 4.78 is 51.7. The highest BCUT2D eigenvalue weighted by molar-refractivity contribution is 9.10. The van der Waals surface area contributed by atoms with Crippen LogP contribution in [0.25, 0.3) is 0 Å². The first-order chi connectivity index (χ1) is 9.77. The molecule has 0 fully saturated rings. The number of nitrogens with one attached hydrogen (secondary N) is 1. The quantitative estimate of drug-likeness (QED) is 0.640. The van der Waals surface area contributed by atoms with Crippen molar-refractivity contribution in [2.24, 2.45) is 0 Å². The average Bonchev–Trinajstić information content (AvgIpc) is 2.40. The number of halogens is 5. The van der Waals surface area contributed by atoms with Gasteiger partial charge < -0.3 is 5.32 Å². The number of alkyl halides is 3. The van der Waals surface area contributed by atoms with Crippen LogP contribution in [0, 0.1) is 5.82 Å². The van der Waals surface area contributed by atoms with Gasteiger partial charge in [-0.3, -0.25) is 4.79 Å². The van der Waals surface area contributed by atoms with Crippen molar-refractivity contribution in [3.63, 3.8) is 0 Å². The smallest absolute Gasteiger partial charge is 0.320 e. The number of benzene rings is 1. The van der Waals surface area contributed by atoms with E-state index in [1.165, 1.54) is 18.3 Å². The van der Waals surface area contributed by atoms with Gasteiger partial charge in [-0.2, -0.15) is 13.2 Å². The van der Waals surface area contributed by atoms with Crippen molar-refractivity contribution in [1.29, 1.82) is 0 Å². The molecule has 1 aromatic carbocycles. The Labute approximate surface area is 125 Å². The van der Waals surface area contributed by atoms with Gasteiger partial charge in [0, 0.05) is 0 Å². The fraction of sp³-hybridized carbons (Fsp3) is 0.0769. The SMILES string of the molecule is O=C(Nc1ccc(Br)nc1)c1cc(C(F)(F)F)ccc1F. The number of rotatable bonds is 2. The molecule has 0 spiro atoms. The zero-order valence-electron chi connectivity index (χ0n) is 10.2. The molecule has 0 aliphatic rings. The maximum Gasteiger partial charge on any atom is 0.416 e. The van der Waals surface area contributed by atoms with Crippen LogP contribution in [0.4, 0.5) is 23.2 Å². The Morgan fingerprint density at radius 2 is 1.90 bits per heavy atom. The number of anilines is 1. The minimum Gasteiger partial charge on any atom is -0.320 e. The number of nitrogens with zero attached hydrogens (tertiary/aromatic N) is 1. The summed E-state index contributed by atoms with van der Waals surface area (Å²) in [6.07, 6.45) is -3.37. The lowest BCUT2D eigenvalue weighted by Crippen LogP contribution is -2.16. The molecule has 8 heteroatoms. The summed E-state index contributed by atoms with van der Waals surface area (Å²) in [5.41, 5.74) is -1.55. The van der Waals surface area contributed by atoms with Crippen LogP contribution in [0.1, 0.15) is 15.9 Å². The average molecular weight is 363 g/mol. The number of hydrogen-bond donors (Lipinski definition) is 1. The minimum atomic E-state index is -4.65. The van der Waals surface area contributed by atoms with E-state index < -0.39 is 29.0 Å². The van der Waals surface area contributed by atoms with Gasteiger partial charge >= 0.3 is 6.18 Å². The largest absolute Gasteiger partial charge is 0.416 e. The molecular formula is C13H7BrF4N2O. The third-order valence-electron chi connectivity index (χ3n) is 2.52. The van der Waals surface area contributed by atoms with Gasteiger partial charge in [0.1, 0.15) is 10.4 Å². The van der Waals surface area contributed by atoms with E-state index in [0.717, 1.165) is 0 Å². The molecule has 1 N–H and O–H groups in total. The van der Waals surface area contributed by atoms with Crippen molar-refractivity contribution in [2.45, 2.75) is 6.18 Å². The normalized spacial score (nSPS) is 11.3. The van der Waals surface area contributed by atoms with E-state index in [1.807, 2.05) is 0 Å². The van der Waals surface area contributed by atoms with E-state index in [4.69, 9.17) is 0 Å². The highest BCUT2D eigenvalue weighted by atomic mass is 79.9. The van der Waals surface area contributed by atoms with E-state index in [0.29, 0.717) is 22.8 Å². The maximum absolute atomic E-state index is 13.5. The summed E-state index contributed by atoms with van der Waals surface area (Å²) in [6.45, 7) is 0. The Kier molecular flexibility index (Phi) is 4.26. The summed E-state index contributed by atoms with van der Waals surface area (Å²) in [7, 11) is 0. The predicted molar refractivity (Wildman–Crippen MR) is 71.3 cm³/mol. The van der Waals surface area contributed by atoms with Crippen LogP contribution >= 0.6 is 15.9 Å². The molecule has 0 aliphatic heterocycles. The molecule has 1 aromatic heterocycles. The zero-order valence-corrected chi connectivity index (χ0v) is 11.8. The van der Waals surface area contributed by atoms with Crippen LogP contribution in [0.15, 0.2) is 41.1 Å². The fourth-order valence-corrected chi connectivity index (χ4v) is 1.76. The first-order valence-electron chi connectivity index (χ1n) is 5.57. The highest BCUT2D eigenvalue weighted by Gasteiger charge is 2.31. The topological polar surface area (TPSA) is 42.0 Å². The van der Waals surface area contributed by atoms with E-state index in [9.17, 15) is 22.4 Å². The fourth-order valence-electron chi connectivity index (χ4n) is 1.52. The Balaban J connectivity index is 2.28. The van der Waals surface area contributed by atoms with Gasteiger partial charge in [0.25, 0.3) is 5.91 Å². The molecule has 0 aliphatic carbocycles. The van der Waals surface area contributed by atoms with E-state index in [1.54, 1.807) is 0 Å². The van der Waals surface area contributed by atoms with Crippen LogP contribution in [-0.4, -0.2) is 10.9 Å². The standard InChI is InChI=1S/C13H7BrF4N2O/c14-11-4-2-8(6-19-11)20-12(21)9-5-7(13(16,17)18)1-3-10(9)15/h1-6H,(H,20,21). The summed E-state index contributed by atoms with van der Waals surface area (Å²) >= 11 is 3.09.